The van der Waals surface area contributed by atoms with E-state index in [9.17, 15) is 18.0 Å². The number of benzene rings is 1. The lowest BCUT2D eigenvalue weighted by atomic mass is 9.98. The average molecular weight is 378 g/mol. The van der Waals surface area contributed by atoms with Crippen LogP contribution in [0.4, 0.5) is 13.2 Å². The molecule has 2 aromatic rings. The fourth-order valence-electron chi connectivity index (χ4n) is 2.28. The first-order valence-corrected chi connectivity index (χ1v) is 8.13. The third-order valence-corrected chi connectivity index (χ3v) is 4.53. The van der Waals surface area contributed by atoms with Crippen LogP contribution in [0.15, 0.2) is 40.9 Å². The summed E-state index contributed by atoms with van der Waals surface area (Å²) < 4.78 is 39.1. The van der Waals surface area contributed by atoms with Crippen molar-refractivity contribution in [3.63, 3.8) is 0 Å². The van der Waals surface area contributed by atoms with Crippen LogP contribution < -0.4 is 0 Å². The van der Waals surface area contributed by atoms with Gasteiger partial charge in [0.05, 0.1) is 16.7 Å². The number of rotatable bonds is 3. The number of aliphatic imine (C=N–C) groups is 1. The molecule has 0 fully saturated rings. The minimum Gasteiger partial charge on any atom is -0.267 e. The summed E-state index contributed by atoms with van der Waals surface area (Å²) in [6.45, 7) is 0. The molecule has 1 aromatic carbocycles. The molecule has 0 aliphatic carbocycles. The van der Waals surface area contributed by atoms with Gasteiger partial charge in [0.2, 0.25) is 5.82 Å². The monoisotopic (exact) mass is 378 g/mol. The SMILES string of the molecule is N#CC1C(C(F)(F)F)=CC(=O)N=C1SCc1cccc(-c2nn[nH]n2)c1. The Hall–Kier alpha value is -3.00. The van der Waals surface area contributed by atoms with Crippen molar-refractivity contribution < 1.29 is 18.0 Å². The summed E-state index contributed by atoms with van der Waals surface area (Å²) in [5.41, 5.74) is 0.224. The van der Waals surface area contributed by atoms with Gasteiger partial charge in [-0.3, -0.25) is 4.79 Å². The van der Waals surface area contributed by atoms with Crippen molar-refractivity contribution in [1.82, 2.24) is 20.6 Å². The number of allylic oxidation sites excluding steroid dienone is 1. The molecular formula is C15H9F3N6OS. The molecule has 1 unspecified atom stereocenters. The van der Waals surface area contributed by atoms with Crippen LogP contribution in [0.25, 0.3) is 11.4 Å². The lowest BCUT2D eigenvalue weighted by Gasteiger charge is -2.20. The number of H-pyrrole nitrogens is 1. The van der Waals surface area contributed by atoms with Crippen LogP contribution in [0.3, 0.4) is 0 Å². The Morgan fingerprint density at radius 2 is 2.15 bits per heavy atom. The third-order valence-electron chi connectivity index (χ3n) is 3.43. The number of nitrogens with one attached hydrogen (secondary N) is 1. The summed E-state index contributed by atoms with van der Waals surface area (Å²) in [6, 6.07) is 8.56. The van der Waals surface area contributed by atoms with Crippen molar-refractivity contribution in [2.45, 2.75) is 11.9 Å². The minimum absolute atomic E-state index is 0.169. The van der Waals surface area contributed by atoms with Crippen molar-refractivity contribution in [3.8, 4) is 17.5 Å². The molecule has 1 aliphatic rings. The Morgan fingerprint density at radius 3 is 2.81 bits per heavy atom. The number of alkyl halides is 3. The van der Waals surface area contributed by atoms with Gasteiger partial charge < -0.3 is 0 Å². The highest BCUT2D eigenvalue weighted by molar-refractivity contribution is 8.13. The molecule has 0 bridgehead atoms. The molecule has 0 spiro atoms. The molecule has 0 saturated heterocycles. The van der Waals surface area contributed by atoms with Crippen molar-refractivity contribution in [1.29, 1.82) is 5.26 Å². The number of aromatic nitrogens is 4. The Labute approximate surface area is 149 Å². The van der Waals surface area contributed by atoms with E-state index in [1.165, 1.54) is 0 Å². The van der Waals surface area contributed by atoms with Gasteiger partial charge in [0.25, 0.3) is 5.91 Å². The molecule has 132 valence electrons. The number of aromatic amines is 1. The largest absolute Gasteiger partial charge is 0.414 e. The van der Waals surface area contributed by atoms with E-state index in [1.54, 1.807) is 30.3 Å². The predicted octanol–water partition coefficient (Wildman–Crippen LogP) is 2.67. The summed E-state index contributed by atoms with van der Waals surface area (Å²) in [5.74, 6) is -2.04. The van der Waals surface area contributed by atoms with Crippen LogP contribution in [0.5, 0.6) is 0 Å². The average Bonchev–Trinajstić information content (AvgIpc) is 3.13. The fraction of sp³-hybridized carbons (Fsp3) is 0.200. The molecule has 11 heteroatoms. The van der Waals surface area contributed by atoms with E-state index >= 15 is 0 Å². The highest BCUT2D eigenvalue weighted by atomic mass is 32.2. The summed E-state index contributed by atoms with van der Waals surface area (Å²) in [5, 5.41) is 22.4. The number of hydrogen-bond donors (Lipinski definition) is 1. The van der Waals surface area contributed by atoms with E-state index in [1.807, 2.05) is 0 Å². The number of carbonyl (C=O) groups excluding carboxylic acids is 1. The predicted molar refractivity (Wildman–Crippen MR) is 86.6 cm³/mol. The summed E-state index contributed by atoms with van der Waals surface area (Å²) >= 11 is 0.914. The topological polar surface area (TPSA) is 108 Å². The number of nitriles is 1. The second-order valence-electron chi connectivity index (χ2n) is 5.17. The second kappa shape index (κ2) is 7.09. The van der Waals surface area contributed by atoms with E-state index in [-0.39, 0.29) is 10.8 Å². The Morgan fingerprint density at radius 1 is 1.35 bits per heavy atom. The van der Waals surface area contributed by atoms with E-state index in [2.05, 4.69) is 25.6 Å². The van der Waals surface area contributed by atoms with Crippen LogP contribution in [0.1, 0.15) is 5.56 Å². The van der Waals surface area contributed by atoms with Gasteiger partial charge in [-0.25, -0.2) is 4.99 Å². The lowest BCUT2D eigenvalue weighted by Crippen LogP contribution is -2.28. The highest BCUT2D eigenvalue weighted by Crippen LogP contribution is 2.37. The molecule has 2 heterocycles. The standard InChI is InChI=1S/C15H9F3N6OS/c16-15(17,18)11-5-12(25)20-14(10(11)6-19)26-7-8-2-1-3-9(4-8)13-21-23-24-22-13/h1-5,10H,7H2,(H,21,22,23,24). The molecule has 1 N–H and O–H groups in total. The van der Waals surface area contributed by atoms with Gasteiger partial charge >= 0.3 is 6.18 Å². The zero-order chi connectivity index (χ0) is 18.7. The first kappa shape index (κ1) is 17.8. The zero-order valence-corrected chi connectivity index (χ0v) is 13.7. The molecular weight excluding hydrogens is 369 g/mol. The second-order valence-corrected chi connectivity index (χ2v) is 6.17. The Bertz CT molecular complexity index is 930. The van der Waals surface area contributed by atoms with Gasteiger partial charge in [0.1, 0.15) is 5.92 Å². The van der Waals surface area contributed by atoms with Crippen molar-refractivity contribution in [2.24, 2.45) is 10.9 Å². The third kappa shape index (κ3) is 3.80. The summed E-state index contributed by atoms with van der Waals surface area (Å²) in [7, 11) is 0. The molecule has 3 rings (SSSR count). The van der Waals surface area contributed by atoms with E-state index in [0.717, 1.165) is 17.3 Å². The summed E-state index contributed by atoms with van der Waals surface area (Å²) in [4.78, 5) is 15.1. The maximum Gasteiger partial charge on any atom is 0.414 e. The van der Waals surface area contributed by atoms with Crippen LogP contribution in [0.2, 0.25) is 0 Å². The Kier molecular flexibility index (Phi) is 4.85. The number of nitrogens with zero attached hydrogens (tertiary/aromatic N) is 5. The van der Waals surface area contributed by atoms with Gasteiger partial charge in [-0.2, -0.15) is 23.6 Å². The quantitative estimate of drug-likeness (QED) is 0.880. The van der Waals surface area contributed by atoms with Gasteiger partial charge in [-0.15, -0.1) is 22.0 Å². The van der Waals surface area contributed by atoms with Crippen LogP contribution in [0, 0.1) is 17.2 Å². The number of dihydropyridines is 1. The highest BCUT2D eigenvalue weighted by Gasteiger charge is 2.43. The summed E-state index contributed by atoms with van der Waals surface area (Å²) in [6.07, 6.45) is -4.40. The molecule has 7 nitrogen and oxygen atoms in total. The van der Waals surface area contributed by atoms with E-state index in [4.69, 9.17) is 5.26 Å². The van der Waals surface area contributed by atoms with Gasteiger partial charge in [0.15, 0.2) is 0 Å². The first-order valence-electron chi connectivity index (χ1n) is 7.15. The number of amides is 1. The Balaban J connectivity index is 1.78. The molecule has 0 saturated carbocycles. The smallest absolute Gasteiger partial charge is 0.267 e. The minimum atomic E-state index is -4.77. The lowest BCUT2D eigenvalue weighted by molar-refractivity contribution is -0.116. The zero-order valence-electron chi connectivity index (χ0n) is 12.9. The molecule has 1 atom stereocenters. The van der Waals surface area contributed by atoms with E-state index in [0.29, 0.717) is 17.5 Å². The van der Waals surface area contributed by atoms with Gasteiger partial charge in [-0.1, -0.05) is 18.2 Å². The number of halogens is 3. The number of thioether (sulfide) groups is 1. The van der Waals surface area contributed by atoms with Crippen molar-refractivity contribution in [2.75, 3.05) is 0 Å². The maximum atomic E-state index is 13.0. The van der Waals surface area contributed by atoms with Crippen LogP contribution in [-0.2, 0) is 10.5 Å². The fourth-order valence-corrected chi connectivity index (χ4v) is 3.28. The number of carbonyl (C=O) groups is 1. The molecule has 1 amide bonds. The van der Waals surface area contributed by atoms with Crippen molar-refractivity contribution in [3.05, 3.63) is 41.5 Å². The molecule has 26 heavy (non-hydrogen) atoms. The maximum absolute atomic E-state index is 13.0. The normalized spacial score (nSPS) is 17.5. The number of tetrazole rings is 1. The van der Waals surface area contributed by atoms with Gasteiger partial charge in [-0.05, 0) is 16.8 Å². The van der Waals surface area contributed by atoms with Crippen LogP contribution >= 0.6 is 11.8 Å². The molecule has 1 aromatic heterocycles. The number of hydrogen-bond acceptors (Lipinski definition) is 6. The molecule has 0 radical (unpaired) electrons. The van der Waals surface area contributed by atoms with Crippen molar-refractivity contribution >= 4 is 22.7 Å². The molecule has 1 aliphatic heterocycles. The van der Waals surface area contributed by atoms with Gasteiger partial charge in [0, 0.05) is 17.4 Å². The van der Waals surface area contributed by atoms with E-state index < -0.39 is 23.6 Å². The van der Waals surface area contributed by atoms with Crippen LogP contribution in [-0.4, -0.2) is 37.8 Å². The first-order chi connectivity index (χ1) is 12.4.